The van der Waals surface area contributed by atoms with Crippen molar-refractivity contribution in [1.82, 2.24) is 10.7 Å². The smallest absolute Gasteiger partial charge is 0.260 e. The van der Waals surface area contributed by atoms with Gasteiger partial charge in [0.15, 0.2) is 6.61 Å². The van der Waals surface area contributed by atoms with Crippen LogP contribution in [0.1, 0.15) is 24.1 Å². The Balaban J connectivity index is 1.47. The van der Waals surface area contributed by atoms with Gasteiger partial charge >= 0.3 is 0 Å². The van der Waals surface area contributed by atoms with Crippen molar-refractivity contribution < 1.29 is 27.1 Å². The second-order valence-corrected chi connectivity index (χ2v) is 10.0. The maximum absolute atomic E-state index is 13.2. The molecule has 0 saturated heterocycles. The predicted octanol–water partition coefficient (Wildman–Crippen LogP) is 3.00. The Morgan fingerprint density at radius 1 is 1.00 bits per heavy atom. The molecular weight excluding hydrogens is 499 g/mol. The van der Waals surface area contributed by atoms with Crippen molar-refractivity contribution in [1.29, 1.82) is 0 Å². The quantitative estimate of drug-likeness (QED) is 0.294. The summed E-state index contributed by atoms with van der Waals surface area (Å²) in [7, 11) is -3.78. The molecule has 0 spiro atoms. The van der Waals surface area contributed by atoms with E-state index in [1.54, 1.807) is 24.3 Å². The number of hydrogen-bond acceptors (Lipinski definition) is 6. The van der Waals surface area contributed by atoms with Crippen LogP contribution in [0, 0.1) is 5.82 Å². The van der Waals surface area contributed by atoms with Crippen molar-refractivity contribution in [2.45, 2.75) is 13.0 Å². The average Bonchev–Trinajstić information content (AvgIpc) is 2.87. The fraction of sp³-hybridized carbons (Fsp3) is 0.192. The number of sulfonamides is 1. The third-order valence-electron chi connectivity index (χ3n) is 5.13. The highest BCUT2D eigenvalue weighted by atomic mass is 32.2. The zero-order valence-electron chi connectivity index (χ0n) is 20.3. The fourth-order valence-electron chi connectivity index (χ4n) is 3.26. The number of carbonyl (C=O) groups is 2. The lowest BCUT2D eigenvalue weighted by atomic mass is 10.1. The van der Waals surface area contributed by atoms with Gasteiger partial charge in [0.25, 0.3) is 11.8 Å². The van der Waals surface area contributed by atoms with Crippen LogP contribution in [0.4, 0.5) is 10.1 Å². The van der Waals surface area contributed by atoms with Gasteiger partial charge in [-0.1, -0.05) is 30.3 Å². The molecule has 0 heterocycles. The van der Waals surface area contributed by atoms with E-state index in [2.05, 4.69) is 15.8 Å². The first-order valence-electron chi connectivity index (χ1n) is 11.2. The molecule has 3 aromatic carbocycles. The van der Waals surface area contributed by atoms with E-state index >= 15 is 0 Å². The van der Waals surface area contributed by atoms with Crippen molar-refractivity contribution >= 4 is 33.7 Å². The van der Waals surface area contributed by atoms with Crippen LogP contribution in [0.15, 0.2) is 84.0 Å². The molecule has 0 aliphatic heterocycles. The Morgan fingerprint density at radius 3 is 2.27 bits per heavy atom. The van der Waals surface area contributed by atoms with Crippen molar-refractivity contribution in [3.05, 3.63) is 95.8 Å². The van der Waals surface area contributed by atoms with Gasteiger partial charge in [-0.25, -0.2) is 18.2 Å². The Labute approximate surface area is 215 Å². The highest BCUT2D eigenvalue weighted by Gasteiger charge is 2.20. The van der Waals surface area contributed by atoms with E-state index in [-0.39, 0.29) is 24.2 Å². The number of benzene rings is 3. The second kappa shape index (κ2) is 12.6. The molecule has 2 amide bonds. The molecule has 194 valence electrons. The first kappa shape index (κ1) is 27.3. The summed E-state index contributed by atoms with van der Waals surface area (Å²) in [4.78, 5) is 24.4. The zero-order valence-corrected chi connectivity index (χ0v) is 21.1. The summed E-state index contributed by atoms with van der Waals surface area (Å²) in [6.07, 6.45) is 2.32. The monoisotopic (exact) mass is 526 g/mol. The number of carbonyl (C=O) groups excluding carboxylic acids is 2. The molecule has 9 nitrogen and oxygen atoms in total. The Morgan fingerprint density at radius 2 is 1.65 bits per heavy atom. The second-order valence-electron chi connectivity index (χ2n) is 8.10. The standard InChI is InChI=1S/C26H27FN4O5S/c1-19(21-6-4-3-5-7-21)29-26(33)18-36-24-14-8-20(9-15-24)16-28-30-25(32)17-31(37(2,34)35)23-12-10-22(27)11-13-23/h3-16,19H,17-18H2,1-2H3,(H,29,33)(H,30,32)/b28-16-/t19-/m0/s1. The molecular formula is C26H27FN4O5S. The lowest BCUT2D eigenvalue weighted by Crippen LogP contribution is -2.39. The van der Waals surface area contributed by atoms with Crippen LogP contribution in [-0.4, -0.2) is 45.9 Å². The summed E-state index contributed by atoms with van der Waals surface area (Å²) < 4.78 is 43.7. The molecule has 37 heavy (non-hydrogen) atoms. The van der Waals surface area contributed by atoms with E-state index in [1.165, 1.54) is 18.3 Å². The summed E-state index contributed by atoms with van der Waals surface area (Å²) in [5, 5.41) is 6.71. The van der Waals surface area contributed by atoms with Gasteiger partial charge in [-0.3, -0.25) is 13.9 Å². The maximum atomic E-state index is 13.2. The number of halogens is 1. The number of nitrogens with one attached hydrogen (secondary N) is 2. The number of hydrogen-bond donors (Lipinski definition) is 2. The minimum absolute atomic E-state index is 0.147. The lowest BCUT2D eigenvalue weighted by molar-refractivity contribution is -0.123. The van der Waals surface area contributed by atoms with E-state index in [1.807, 2.05) is 37.3 Å². The molecule has 11 heteroatoms. The minimum atomic E-state index is -3.78. The van der Waals surface area contributed by atoms with Gasteiger partial charge in [0.05, 0.1) is 24.2 Å². The first-order valence-corrected chi connectivity index (χ1v) is 13.1. The van der Waals surface area contributed by atoms with Crippen LogP contribution in [0.3, 0.4) is 0 Å². The van der Waals surface area contributed by atoms with E-state index in [4.69, 9.17) is 4.74 Å². The van der Waals surface area contributed by atoms with Crippen LogP contribution in [0.5, 0.6) is 5.75 Å². The van der Waals surface area contributed by atoms with Crippen molar-refractivity contribution in [3.63, 3.8) is 0 Å². The number of ether oxygens (including phenoxy) is 1. The van der Waals surface area contributed by atoms with Gasteiger partial charge in [-0.2, -0.15) is 5.10 Å². The van der Waals surface area contributed by atoms with Gasteiger partial charge in [-0.05, 0) is 66.6 Å². The average molecular weight is 527 g/mol. The molecule has 0 aromatic heterocycles. The molecule has 2 N–H and O–H groups in total. The van der Waals surface area contributed by atoms with Crippen LogP contribution in [0.2, 0.25) is 0 Å². The number of hydrazone groups is 1. The Hall–Kier alpha value is -4.25. The van der Waals surface area contributed by atoms with Gasteiger partial charge in [-0.15, -0.1) is 0 Å². The Bertz CT molecular complexity index is 1330. The van der Waals surface area contributed by atoms with E-state index in [9.17, 15) is 22.4 Å². The van der Waals surface area contributed by atoms with E-state index in [0.29, 0.717) is 11.3 Å². The van der Waals surface area contributed by atoms with E-state index in [0.717, 1.165) is 28.3 Å². The van der Waals surface area contributed by atoms with Gasteiger partial charge in [0.2, 0.25) is 10.0 Å². The summed E-state index contributed by atoms with van der Waals surface area (Å²) in [6, 6.07) is 20.8. The van der Waals surface area contributed by atoms with Gasteiger partial charge in [0, 0.05) is 0 Å². The summed E-state index contributed by atoms with van der Waals surface area (Å²) in [6.45, 7) is 1.22. The minimum Gasteiger partial charge on any atom is -0.484 e. The van der Waals surface area contributed by atoms with Crippen molar-refractivity contribution in [3.8, 4) is 5.75 Å². The van der Waals surface area contributed by atoms with Crippen LogP contribution in [-0.2, 0) is 19.6 Å². The molecule has 3 rings (SSSR count). The summed E-state index contributed by atoms with van der Waals surface area (Å²) in [5.74, 6) is -0.981. The van der Waals surface area contributed by atoms with Gasteiger partial charge in [0.1, 0.15) is 18.1 Å². The van der Waals surface area contributed by atoms with Crippen LogP contribution in [0.25, 0.3) is 0 Å². The van der Waals surface area contributed by atoms with Crippen LogP contribution >= 0.6 is 0 Å². The Kier molecular flexibility index (Phi) is 9.33. The number of amides is 2. The highest BCUT2D eigenvalue weighted by molar-refractivity contribution is 7.92. The van der Waals surface area contributed by atoms with Crippen molar-refractivity contribution in [2.75, 3.05) is 23.7 Å². The topological polar surface area (TPSA) is 117 Å². The molecule has 0 bridgehead atoms. The highest BCUT2D eigenvalue weighted by Crippen LogP contribution is 2.17. The largest absolute Gasteiger partial charge is 0.484 e. The van der Waals surface area contributed by atoms with Crippen LogP contribution < -0.4 is 19.8 Å². The third-order valence-corrected chi connectivity index (χ3v) is 6.27. The first-order chi connectivity index (χ1) is 17.6. The van der Waals surface area contributed by atoms with E-state index < -0.39 is 28.3 Å². The fourth-order valence-corrected chi connectivity index (χ4v) is 4.12. The molecule has 0 unspecified atom stereocenters. The maximum Gasteiger partial charge on any atom is 0.260 e. The molecule has 0 saturated carbocycles. The van der Waals surface area contributed by atoms with Gasteiger partial charge < -0.3 is 10.1 Å². The third kappa shape index (κ3) is 8.73. The molecule has 3 aromatic rings. The number of anilines is 1. The predicted molar refractivity (Wildman–Crippen MR) is 139 cm³/mol. The molecule has 1 atom stereocenters. The molecule has 0 aliphatic rings. The number of nitrogens with zero attached hydrogens (tertiary/aromatic N) is 2. The SMILES string of the molecule is C[C@H](NC(=O)COc1ccc(/C=N\NC(=O)CN(c2ccc(F)cc2)S(C)(=O)=O)cc1)c1ccccc1. The molecule has 0 radical (unpaired) electrons. The summed E-state index contributed by atoms with van der Waals surface area (Å²) >= 11 is 0. The number of rotatable bonds is 11. The molecule has 0 aliphatic carbocycles. The molecule has 0 fully saturated rings. The lowest BCUT2D eigenvalue weighted by Gasteiger charge is -2.21. The normalized spacial score (nSPS) is 12.1. The zero-order chi connectivity index (χ0) is 26.8. The van der Waals surface area contributed by atoms with Crippen molar-refractivity contribution in [2.24, 2.45) is 5.10 Å². The summed E-state index contributed by atoms with van der Waals surface area (Å²) in [5.41, 5.74) is 4.05.